The monoisotopic (exact) mass is 243 g/mol. The van der Waals surface area contributed by atoms with Gasteiger partial charge in [0.2, 0.25) is 10.0 Å². The fourth-order valence-electron chi connectivity index (χ4n) is 1.75. The molecule has 0 fully saturated rings. The summed E-state index contributed by atoms with van der Waals surface area (Å²) in [7, 11) is -3.42. The molecule has 0 aliphatic carbocycles. The number of Topliss-reactive ketones (excluding diaryl/α,β-unsaturated/α-hetero) is 1. The van der Waals surface area contributed by atoms with Crippen LogP contribution < -0.4 is 4.31 Å². The molecule has 0 radical (unpaired) electrons. The molecule has 0 spiro atoms. The molecule has 16 heavy (non-hydrogen) atoms. The van der Waals surface area contributed by atoms with Gasteiger partial charge in [0, 0.05) is 18.5 Å². The summed E-state index contributed by atoms with van der Waals surface area (Å²) in [5.41, 5.74) is 0.400. The van der Waals surface area contributed by atoms with Gasteiger partial charge in [0.15, 0.2) is 5.78 Å². The Kier molecular flexibility index (Phi) is 2.46. The van der Waals surface area contributed by atoms with E-state index in [0.29, 0.717) is 0 Å². The molecule has 0 bridgehead atoms. The molecule has 2 rings (SSSR count). The van der Waals surface area contributed by atoms with Crippen LogP contribution in [0.1, 0.15) is 16.8 Å². The van der Waals surface area contributed by atoms with Crippen LogP contribution in [0.4, 0.5) is 10.1 Å². The molecule has 0 aromatic heterocycles. The highest BCUT2D eigenvalue weighted by atomic mass is 32.2. The molecule has 0 amide bonds. The lowest BCUT2D eigenvalue weighted by Crippen LogP contribution is -2.36. The van der Waals surface area contributed by atoms with Gasteiger partial charge in [0.05, 0.1) is 11.9 Å². The first-order valence-corrected chi connectivity index (χ1v) is 6.55. The molecule has 1 aliphatic heterocycles. The minimum Gasteiger partial charge on any atom is -0.294 e. The smallest absolute Gasteiger partial charge is 0.232 e. The summed E-state index contributed by atoms with van der Waals surface area (Å²) in [6, 6.07) is 3.55. The molecule has 1 aliphatic rings. The van der Waals surface area contributed by atoms with Crippen LogP contribution in [0.5, 0.6) is 0 Å². The van der Waals surface area contributed by atoms with Gasteiger partial charge in [-0.15, -0.1) is 0 Å². The number of sulfonamides is 1. The molecule has 0 N–H and O–H groups in total. The maximum atomic E-state index is 13.0. The van der Waals surface area contributed by atoms with Gasteiger partial charge in [0.25, 0.3) is 0 Å². The van der Waals surface area contributed by atoms with Crippen LogP contribution in [0.2, 0.25) is 0 Å². The van der Waals surface area contributed by atoms with E-state index in [4.69, 9.17) is 0 Å². The highest BCUT2D eigenvalue weighted by Crippen LogP contribution is 2.29. The third kappa shape index (κ3) is 1.80. The number of fused-ring (bicyclic) bond motifs is 1. The van der Waals surface area contributed by atoms with Crippen molar-refractivity contribution < 1.29 is 17.6 Å². The fourth-order valence-corrected chi connectivity index (χ4v) is 2.69. The first-order chi connectivity index (χ1) is 7.39. The molecule has 86 valence electrons. The maximum absolute atomic E-state index is 13.0. The first kappa shape index (κ1) is 11.1. The number of carbonyl (C=O) groups excluding carboxylic acids is 1. The summed E-state index contributed by atoms with van der Waals surface area (Å²) in [5, 5.41) is 0. The van der Waals surface area contributed by atoms with E-state index in [1.54, 1.807) is 0 Å². The standard InChI is InChI=1S/C10H10FNO3S/c1-16(14,15)12-5-4-10(13)8-6-7(11)2-3-9(8)12/h2-3,6H,4-5H2,1H3. The molecule has 0 saturated heterocycles. The minimum atomic E-state index is -3.42. The highest BCUT2D eigenvalue weighted by Gasteiger charge is 2.28. The van der Waals surface area contributed by atoms with Crippen molar-refractivity contribution in [2.24, 2.45) is 0 Å². The van der Waals surface area contributed by atoms with Crippen LogP contribution in [0.25, 0.3) is 0 Å². The molecule has 0 saturated carbocycles. The van der Waals surface area contributed by atoms with Gasteiger partial charge in [-0.2, -0.15) is 0 Å². The number of ketones is 1. The highest BCUT2D eigenvalue weighted by molar-refractivity contribution is 7.92. The van der Waals surface area contributed by atoms with E-state index in [2.05, 4.69) is 0 Å². The molecule has 1 aromatic rings. The molecular formula is C10H10FNO3S. The van der Waals surface area contributed by atoms with Crippen molar-refractivity contribution in [1.29, 1.82) is 0 Å². The van der Waals surface area contributed by atoms with Crippen LogP contribution in [-0.4, -0.2) is 27.0 Å². The normalized spacial score (nSPS) is 16.1. The number of halogens is 1. The maximum Gasteiger partial charge on any atom is 0.232 e. The van der Waals surface area contributed by atoms with Gasteiger partial charge in [-0.3, -0.25) is 9.10 Å². The lowest BCUT2D eigenvalue weighted by molar-refractivity contribution is 0.0981. The van der Waals surface area contributed by atoms with Crippen LogP contribution in [-0.2, 0) is 10.0 Å². The molecule has 4 nitrogen and oxygen atoms in total. The Bertz CT molecular complexity index is 553. The first-order valence-electron chi connectivity index (χ1n) is 4.70. The Balaban J connectivity index is 2.62. The average Bonchev–Trinajstić information content (AvgIpc) is 2.17. The third-order valence-electron chi connectivity index (χ3n) is 2.47. The van der Waals surface area contributed by atoms with Crippen molar-refractivity contribution in [3.8, 4) is 0 Å². The second-order valence-corrected chi connectivity index (χ2v) is 5.58. The number of hydrogen-bond donors (Lipinski definition) is 0. The zero-order chi connectivity index (χ0) is 11.9. The van der Waals surface area contributed by atoms with E-state index in [9.17, 15) is 17.6 Å². The zero-order valence-electron chi connectivity index (χ0n) is 8.60. The molecule has 1 heterocycles. The molecule has 0 unspecified atom stereocenters. The average molecular weight is 243 g/mol. The molecular weight excluding hydrogens is 233 g/mol. The lowest BCUT2D eigenvalue weighted by atomic mass is 10.0. The topological polar surface area (TPSA) is 54.5 Å². The van der Waals surface area contributed by atoms with Gasteiger partial charge >= 0.3 is 0 Å². The van der Waals surface area contributed by atoms with Crippen molar-refractivity contribution in [2.75, 3.05) is 17.1 Å². The van der Waals surface area contributed by atoms with Gasteiger partial charge in [-0.1, -0.05) is 0 Å². The van der Waals surface area contributed by atoms with Crippen LogP contribution in [0, 0.1) is 5.82 Å². The molecule has 1 aromatic carbocycles. The largest absolute Gasteiger partial charge is 0.294 e. The van der Waals surface area contributed by atoms with Gasteiger partial charge in [-0.05, 0) is 18.2 Å². The third-order valence-corrected chi connectivity index (χ3v) is 3.65. The molecule has 0 atom stereocenters. The summed E-state index contributed by atoms with van der Waals surface area (Å²) in [4.78, 5) is 11.5. The lowest BCUT2D eigenvalue weighted by Gasteiger charge is -2.28. The Morgan fingerprint density at radius 1 is 1.38 bits per heavy atom. The zero-order valence-corrected chi connectivity index (χ0v) is 9.42. The van der Waals surface area contributed by atoms with Crippen molar-refractivity contribution in [3.63, 3.8) is 0 Å². The number of hydrogen-bond acceptors (Lipinski definition) is 3. The summed E-state index contributed by atoms with van der Waals surface area (Å²) >= 11 is 0. The summed E-state index contributed by atoms with van der Waals surface area (Å²) in [6.45, 7) is 0.121. The van der Waals surface area contributed by atoms with Gasteiger partial charge < -0.3 is 0 Å². The summed E-state index contributed by atoms with van der Waals surface area (Å²) < 4.78 is 37.0. The Hall–Kier alpha value is -1.43. The summed E-state index contributed by atoms with van der Waals surface area (Å²) in [6.07, 6.45) is 1.15. The van der Waals surface area contributed by atoms with E-state index in [-0.39, 0.29) is 30.0 Å². The van der Waals surface area contributed by atoms with E-state index in [0.717, 1.165) is 22.7 Å². The SMILES string of the molecule is CS(=O)(=O)N1CCC(=O)c2cc(F)ccc21. The second kappa shape index (κ2) is 3.55. The Labute approximate surface area is 92.7 Å². The summed E-state index contributed by atoms with van der Waals surface area (Å²) in [5.74, 6) is -0.767. The van der Waals surface area contributed by atoms with Crippen molar-refractivity contribution in [3.05, 3.63) is 29.6 Å². The minimum absolute atomic E-state index is 0.0868. The number of rotatable bonds is 1. The number of carbonyl (C=O) groups is 1. The second-order valence-electron chi connectivity index (χ2n) is 3.67. The van der Waals surface area contributed by atoms with Gasteiger partial charge in [-0.25, -0.2) is 12.8 Å². The van der Waals surface area contributed by atoms with Crippen molar-refractivity contribution in [2.45, 2.75) is 6.42 Å². The van der Waals surface area contributed by atoms with Gasteiger partial charge in [0.1, 0.15) is 5.82 Å². The van der Waals surface area contributed by atoms with Crippen LogP contribution in [0.3, 0.4) is 0 Å². The number of nitrogens with zero attached hydrogens (tertiary/aromatic N) is 1. The quantitative estimate of drug-likeness (QED) is 0.744. The number of benzene rings is 1. The van der Waals surface area contributed by atoms with E-state index < -0.39 is 15.8 Å². The van der Waals surface area contributed by atoms with Crippen molar-refractivity contribution >= 4 is 21.5 Å². The molecule has 6 heteroatoms. The van der Waals surface area contributed by atoms with Crippen molar-refractivity contribution in [1.82, 2.24) is 0 Å². The Morgan fingerprint density at radius 3 is 2.69 bits per heavy atom. The van der Waals surface area contributed by atoms with E-state index in [1.807, 2.05) is 0 Å². The number of anilines is 1. The predicted molar refractivity (Wildman–Crippen MR) is 57.5 cm³/mol. The van der Waals surface area contributed by atoms with E-state index in [1.165, 1.54) is 6.07 Å². The van der Waals surface area contributed by atoms with E-state index >= 15 is 0 Å². The fraction of sp³-hybridized carbons (Fsp3) is 0.300. The van der Waals surface area contributed by atoms with Crippen LogP contribution >= 0.6 is 0 Å². The Morgan fingerprint density at radius 2 is 2.06 bits per heavy atom. The van der Waals surface area contributed by atoms with Crippen LogP contribution in [0.15, 0.2) is 18.2 Å². The predicted octanol–water partition coefficient (Wildman–Crippen LogP) is 1.18.